The fourth-order valence-electron chi connectivity index (χ4n) is 1.97. The first kappa shape index (κ1) is 17.1. The second-order valence-electron chi connectivity index (χ2n) is 4.75. The number of amides is 1. The molecule has 0 aliphatic rings. The Hall–Kier alpha value is -2.24. The lowest BCUT2D eigenvalue weighted by molar-refractivity contribution is -0.118. The zero-order valence-corrected chi connectivity index (χ0v) is 13.6. The summed E-state index contributed by atoms with van der Waals surface area (Å²) in [6, 6.07) is 9.36. The number of carbonyl (C=O) groups excluding carboxylic acids is 1. The zero-order chi connectivity index (χ0) is 17.0. The van der Waals surface area contributed by atoms with Crippen LogP contribution in [0.25, 0.3) is 0 Å². The van der Waals surface area contributed by atoms with E-state index >= 15 is 0 Å². The summed E-state index contributed by atoms with van der Waals surface area (Å²) >= 11 is 11.7. The highest BCUT2D eigenvalue weighted by molar-refractivity contribution is 6.35. The molecule has 0 spiro atoms. The van der Waals surface area contributed by atoms with Crippen molar-refractivity contribution < 1.29 is 19.4 Å². The van der Waals surface area contributed by atoms with Gasteiger partial charge in [-0.15, -0.1) is 0 Å². The Balaban J connectivity index is 2.06. The molecule has 0 saturated carbocycles. The molecule has 0 fully saturated rings. The topological polar surface area (TPSA) is 75.6 Å². The van der Waals surface area contributed by atoms with Crippen molar-refractivity contribution in [1.82, 2.24) is 0 Å². The summed E-state index contributed by atoms with van der Waals surface area (Å²) in [6.07, 6.45) is 0. The minimum Gasteiger partial charge on any atom is -0.483 e. The predicted molar refractivity (Wildman–Crippen MR) is 88.7 cm³/mol. The largest absolute Gasteiger partial charge is 0.483 e. The molecule has 120 valence electrons. The first-order valence-electron chi connectivity index (χ1n) is 6.58. The predicted octanol–water partition coefficient (Wildman–Crippen LogP) is 4.02. The van der Waals surface area contributed by atoms with Crippen molar-refractivity contribution in [1.29, 1.82) is 0 Å². The average molecular weight is 354 g/mol. The van der Waals surface area contributed by atoms with Crippen LogP contribution in [0, 0.1) is 6.92 Å². The third-order valence-corrected chi connectivity index (χ3v) is 3.37. The van der Waals surface area contributed by atoms with Crippen LogP contribution in [0.5, 0.6) is 5.75 Å². The highest BCUT2D eigenvalue weighted by Crippen LogP contribution is 2.24. The van der Waals surface area contributed by atoms with Gasteiger partial charge < -0.3 is 15.2 Å². The number of carbonyl (C=O) groups is 2. The van der Waals surface area contributed by atoms with Crippen molar-refractivity contribution in [3.05, 3.63) is 57.6 Å². The summed E-state index contributed by atoms with van der Waals surface area (Å²) in [4.78, 5) is 23.1. The summed E-state index contributed by atoms with van der Waals surface area (Å²) in [5.41, 5.74) is 1.06. The number of para-hydroxylation sites is 1. The smallest absolute Gasteiger partial charge is 0.339 e. The van der Waals surface area contributed by atoms with Crippen LogP contribution in [0.2, 0.25) is 10.0 Å². The Labute approximate surface area is 142 Å². The molecular formula is C16H13Cl2NO4. The lowest BCUT2D eigenvalue weighted by atomic mass is 10.1. The van der Waals surface area contributed by atoms with Gasteiger partial charge in [-0.25, -0.2) is 4.79 Å². The molecule has 2 N–H and O–H groups in total. The van der Waals surface area contributed by atoms with E-state index in [4.69, 9.17) is 33.0 Å². The van der Waals surface area contributed by atoms with Crippen LogP contribution in [0.1, 0.15) is 15.9 Å². The molecule has 7 heteroatoms. The number of benzene rings is 2. The van der Waals surface area contributed by atoms with E-state index in [1.807, 2.05) is 0 Å². The normalized spacial score (nSPS) is 10.2. The van der Waals surface area contributed by atoms with Crippen LogP contribution >= 0.6 is 23.2 Å². The SMILES string of the molecule is Cc1cccc(C(=O)O)c1OCC(=O)Nc1cc(Cl)cc(Cl)c1. The van der Waals surface area contributed by atoms with Crippen LogP contribution < -0.4 is 10.1 Å². The standard InChI is InChI=1S/C16H13Cl2NO4/c1-9-3-2-4-13(16(21)22)15(9)23-8-14(20)19-12-6-10(17)5-11(18)7-12/h2-7H,8H2,1H3,(H,19,20)(H,21,22). The molecule has 23 heavy (non-hydrogen) atoms. The second-order valence-corrected chi connectivity index (χ2v) is 5.62. The van der Waals surface area contributed by atoms with Crippen molar-refractivity contribution in [3.8, 4) is 5.75 Å². The van der Waals surface area contributed by atoms with Gasteiger partial charge in [-0.2, -0.15) is 0 Å². The van der Waals surface area contributed by atoms with Crippen LogP contribution in [0.3, 0.4) is 0 Å². The fourth-order valence-corrected chi connectivity index (χ4v) is 2.50. The van der Waals surface area contributed by atoms with E-state index in [1.54, 1.807) is 37.3 Å². The van der Waals surface area contributed by atoms with E-state index in [9.17, 15) is 9.59 Å². The number of hydrogen-bond donors (Lipinski definition) is 2. The maximum absolute atomic E-state index is 11.9. The Morgan fingerprint density at radius 1 is 1.17 bits per heavy atom. The minimum absolute atomic E-state index is 0.00333. The Morgan fingerprint density at radius 2 is 1.83 bits per heavy atom. The van der Waals surface area contributed by atoms with Gasteiger partial charge in [0.05, 0.1) is 0 Å². The molecular weight excluding hydrogens is 341 g/mol. The Morgan fingerprint density at radius 3 is 2.43 bits per heavy atom. The van der Waals surface area contributed by atoms with Crippen LogP contribution in [0.4, 0.5) is 5.69 Å². The summed E-state index contributed by atoms with van der Waals surface area (Å²) in [7, 11) is 0. The first-order valence-corrected chi connectivity index (χ1v) is 7.34. The number of aryl methyl sites for hydroxylation is 1. The third kappa shape index (κ3) is 4.61. The number of anilines is 1. The van der Waals surface area contributed by atoms with Crippen molar-refractivity contribution >= 4 is 40.8 Å². The molecule has 0 bridgehead atoms. The minimum atomic E-state index is -1.12. The van der Waals surface area contributed by atoms with Gasteiger partial charge in [0.2, 0.25) is 0 Å². The van der Waals surface area contributed by atoms with Crippen LogP contribution in [-0.2, 0) is 4.79 Å². The zero-order valence-electron chi connectivity index (χ0n) is 12.1. The van der Waals surface area contributed by atoms with E-state index in [0.29, 0.717) is 21.3 Å². The summed E-state index contributed by atoms with van der Waals surface area (Å²) in [5.74, 6) is -1.41. The van der Waals surface area contributed by atoms with E-state index in [0.717, 1.165) is 0 Å². The van der Waals surface area contributed by atoms with Gasteiger partial charge in [0, 0.05) is 15.7 Å². The molecule has 0 aliphatic heterocycles. The van der Waals surface area contributed by atoms with E-state index in [1.165, 1.54) is 6.07 Å². The molecule has 0 aromatic heterocycles. The van der Waals surface area contributed by atoms with Gasteiger partial charge in [-0.3, -0.25) is 4.79 Å². The number of nitrogens with one attached hydrogen (secondary N) is 1. The Kier molecular flexibility index (Phi) is 5.47. The van der Waals surface area contributed by atoms with Gasteiger partial charge in [0.15, 0.2) is 6.61 Å². The highest BCUT2D eigenvalue weighted by atomic mass is 35.5. The summed E-state index contributed by atoms with van der Waals surface area (Å²) < 4.78 is 5.36. The van der Waals surface area contributed by atoms with Crippen molar-refractivity contribution in [2.75, 3.05) is 11.9 Å². The fraction of sp³-hybridized carbons (Fsp3) is 0.125. The number of hydrogen-bond acceptors (Lipinski definition) is 3. The summed E-state index contributed by atoms with van der Waals surface area (Å²) in [6.45, 7) is 1.37. The monoisotopic (exact) mass is 353 g/mol. The van der Waals surface area contributed by atoms with Crippen molar-refractivity contribution in [2.24, 2.45) is 0 Å². The maximum Gasteiger partial charge on any atom is 0.339 e. The number of carboxylic acids is 1. The third-order valence-electron chi connectivity index (χ3n) is 2.94. The molecule has 0 radical (unpaired) electrons. The van der Waals surface area contributed by atoms with Gasteiger partial charge in [0.25, 0.3) is 5.91 Å². The number of aromatic carboxylic acids is 1. The summed E-state index contributed by atoms with van der Waals surface area (Å²) in [5, 5.41) is 12.5. The van der Waals surface area contributed by atoms with E-state index < -0.39 is 11.9 Å². The number of ether oxygens (including phenoxy) is 1. The average Bonchev–Trinajstić information content (AvgIpc) is 2.44. The molecule has 2 aromatic carbocycles. The van der Waals surface area contributed by atoms with Crippen LogP contribution in [0.15, 0.2) is 36.4 Å². The van der Waals surface area contributed by atoms with Gasteiger partial charge in [-0.1, -0.05) is 35.3 Å². The molecule has 2 aromatic rings. The van der Waals surface area contributed by atoms with Gasteiger partial charge in [0.1, 0.15) is 11.3 Å². The van der Waals surface area contributed by atoms with Crippen molar-refractivity contribution in [2.45, 2.75) is 6.92 Å². The maximum atomic E-state index is 11.9. The van der Waals surface area contributed by atoms with E-state index in [2.05, 4.69) is 5.32 Å². The van der Waals surface area contributed by atoms with Crippen molar-refractivity contribution in [3.63, 3.8) is 0 Å². The molecule has 0 saturated heterocycles. The van der Waals surface area contributed by atoms with Gasteiger partial charge >= 0.3 is 5.97 Å². The lowest BCUT2D eigenvalue weighted by Crippen LogP contribution is -2.21. The lowest BCUT2D eigenvalue weighted by Gasteiger charge is -2.12. The number of rotatable bonds is 5. The Bertz CT molecular complexity index is 741. The molecule has 0 heterocycles. The number of halogens is 2. The first-order chi connectivity index (χ1) is 10.9. The highest BCUT2D eigenvalue weighted by Gasteiger charge is 2.15. The molecule has 1 amide bonds. The molecule has 0 atom stereocenters. The quantitative estimate of drug-likeness (QED) is 0.851. The van der Waals surface area contributed by atoms with Gasteiger partial charge in [-0.05, 0) is 36.8 Å². The second kappa shape index (κ2) is 7.35. The molecule has 5 nitrogen and oxygen atoms in total. The van der Waals surface area contributed by atoms with Crippen LogP contribution in [-0.4, -0.2) is 23.6 Å². The molecule has 0 unspecified atom stereocenters. The molecule has 0 aliphatic carbocycles. The van der Waals surface area contributed by atoms with E-state index in [-0.39, 0.29) is 17.9 Å². The number of carboxylic acid groups (broad SMARTS) is 1. The molecule has 2 rings (SSSR count).